The Bertz CT molecular complexity index is 1400. The van der Waals surface area contributed by atoms with Gasteiger partial charge in [0.1, 0.15) is 11.3 Å². The summed E-state index contributed by atoms with van der Waals surface area (Å²) in [6.07, 6.45) is 7.44. The number of primary amides is 1. The smallest absolute Gasteiger partial charge is 0.241 e. The van der Waals surface area contributed by atoms with E-state index < -0.39 is 17.5 Å². The molecule has 0 aliphatic rings. The zero-order valence-corrected chi connectivity index (χ0v) is 16.0. The Balaban J connectivity index is 1.68. The molecule has 0 radical (unpaired) electrons. The van der Waals surface area contributed by atoms with Crippen LogP contribution in [0.1, 0.15) is 21.6 Å². The minimum atomic E-state index is -0.764. The van der Waals surface area contributed by atoms with Crippen LogP contribution < -0.4 is 5.73 Å². The summed E-state index contributed by atoms with van der Waals surface area (Å²) in [5, 5.41) is 0.718. The molecule has 0 bridgehead atoms. The van der Waals surface area contributed by atoms with Gasteiger partial charge in [0, 0.05) is 52.3 Å². The molecule has 4 rings (SSSR count). The molecule has 150 valence electrons. The highest BCUT2D eigenvalue weighted by molar-refractivity contribution is 6.08. The highest BCUT2D eigenvalue weighted by Gasteiger charge is 2.17. The number of hydrogen-bond acceptors (Lipinski definition) is 4. The van der Waals surface area contributed by atoms with Crippen molar-refractivity contribution < 1.29 is 14.0 Å². The summed E-state index contributed by atoms with van der Waals surface area (Å²) >= 11 is 0. The maximum absolute atomic E-state index is 14.7. The number of aromatic amines is 1. The number of nitrogens with one attached hydrogen (secondary N) is 1. The van der Waals surface area contributed by atoms with Crippen LogP contribution in [0.25, 0.3) is 33.1 Å². The Hall–Kier alpha value is -4.64. The van der Waals surface area contributed by atoms with Crippen molar-refractivity contribution in [3.05, 3.63) is 95.1 Å². The van der Waals surface area contributed by atoms with Crippen LogP contribution in [-0.4, -0.2) is 26.6 Å². The third-order valence-electron chi connectivity index (χ3n) is 4.64. The predicted octanol–water partition coefficient (Wildman–Crippen LogP) is 4.04. The summed E-state index contributed by atoms with van der Waals surface area (Å²) in [5.74, 6) is -1.91. The second kappa shape index (κ2) is 8.00. The second-order valence-corrected chi connectivity index (χ2v) is 6.64. The molecule has 3 heterocycles. The number of nitrogens with zero attached hydrogens (tertiary/aromatic N) is 3. The fraction of sp³-hybridized carbons (Fsp3) is 0. The summed E-state index contributed by atoms with van der Waals surface area (Å²) in [7, 11) is 0. The maximum atomic E-state index is 14.7. The molecular formula is C23H14FN5O2. The van der Waals surface area contributed by atoms with Gasteiger partial charge in [-0.2, -0.15) is 0 Å². The van der Waals surface area contributed by atoms with Gasteiger partial charge in [-0.1, -0.05) is 24.3 Å². The van der Waals surface area contributed by atoms with E-state index in [1.165, 1.54) is 42.6 Å². The summed E-state index contributed by atoms with van der Waals surface area (Å²) in [4.78, 5) is 38.2. The normalized spacial score (nSPS) is 11.0. The van der Waals surface area contributed by atoms with Gasteiger partial charge in [0.05, 0.1) is 6.57 Å². The van der Waals surface area contributed by atoms with Crippen molar-refractivity contribution in [1.29, 1.82) is 0 Å². The van der Waals surface area contributed by atoms with Gasteiger partial charge in [-0.3, -0.25) is 9.59 Å². The fourth-order valence-electron chi connectivity index (χ4n) is 3.08. The van der Waals surface area contributed by atoms with E-state index in [-0.39, 0.29) is 11.3 Å². The molecule has 7 nitrogen and oxygen atoms in total. The number of nitrogens with two attached hydrogens (primary N) is 1. The lowest BCUT2D eigenvalue weighted by molar-refractivity contribution is -0.113. The average molecular weight is 411 g/mol. The van der Waals surface area contributed by atoms with E-state index in [2.05, 4.69) is 19.8 Å². The summed E-state index contributed by atoms with van der Waals surface area (Å²) in [6, 6.07) is 8.93. The molecule has 0 saturated carbocycles. The Morgan fingerprint density at radius 3 is 2.48 bits per heavy atom. The second-order valence-electron chi connectivity index (χ2n) is 6.64. The molecule has 0 aliphatic heterocycles. The number of H-pyrrole nitrogens is 1. The molecule has 1 amide bonds. The fourth-order valence-corrected chi connectivity index (χ4v) is 3.08. The molecule has 0 spiro atoms. The van der Waals surface area contributed by atoms with E-state index in [0.29, 0.717) is 28.0 Å². The number of aromatic nitrogens is 3. The third kappa shape index (κ3) is 3.93. The van der Waals surface area contributed by atoms with Crippen LogP contribution in [-0.2, 0) is 4.79 Å². The van der Waals surface area contributed by atoms with Crippen molar-refractivity contribution in [3.63, 3.8) is 0 Å². The van der Waals surface area contributed by atoms with Gasteiger partial charge >= 0.3 is 0 Å². The number of halogens is 1. The first-order valence-corrected chi connectivity index (χ1v) is 9.09. The first-order valence-electron chi connectivity index (χ1n) is 9.09. The van der Waals surface area contributed by atoms with Crippen molar-refractivity contribution in [3.8, 4) is 11.1 Å². The standard InChI is InChI=1S/C23H14FN5O2/c1-26-17-5-2-13(3-6-17)22(31)21-19(24)9-16(11-27-21)15-8-18-14(4-7-20(25)30)10-28-23(18)29-12-15/h2-12H,(H2,25,30)(H,28,29)/b7-4+. The quantitative estimate of drug-likeness (QED) is 0.294. The molecular weight excluding hydrogens is 397 g/mol. The van der Waals surface area contributed by atoms with Crippen molar-refractivity contribution >= 4 is 34.5 Å². The lowest BCUT2D eigenvalue weighted by Gasteiger charge is -2.06. The van der Waals surface area contributed by atoms with Crippen LogP contribution in [0.5, 0.6) is 0 Å². The first kappa shape index (κ1) is 19.7. The van der Waals surface area contributed by atoms with E-state index in [9.17, 15) is 14.0 Å². The first-order chi connectivity index (χ1) is 15.0. The lowest BCUT2D eigenvalue weighted by Crippen LogP contribution is -2.07. The number of carbonyl (C=O) groups is 2. The highest BCUT2D eigenvalue weighted by Crippen LogP contribution is 2.26. The van der Waals surface area contributed by atoms with Gasteiger partial charge in [-0.05, 0) is 18.2 Å². The molecule has 0 unspecified atom stereocenters. The van der Waals surface area contributed by atoms with E-state index in [4.69, 9.17) is 12.3 Å². The van der Waals surface area contributed by atoms with Crippen LogP contribution in [0.4, 0.5) is 10.1 Å². The number of fused-ring (bicyclic) bond motifs is 1. The zero-order valence-electron chi connectivity index (χ0n) is 16.0. The summed E-state index contributed by atoms with van der Waals surface area (Å²) in [6.45, 7) is 6.96. The Morgan fingerprint density at radius 2 is 1.81 bits per heavy atom. The van der Waals surface area contributed by atoms with Gasteiger partial charge < -0.3 is 10.7 Å². The van der Waals surface area contributed by atoms with Crippen molar-refractivity contribution in [2.24, 2.45) is 5.73 Å². The molecule has 3 N–H and O–H groups in total. The minimum absolute atomic E-state index is 0.243. The van der Waals surface area contributed by atoms with Crippen LogP contribution in [0.2, 0.25) is 0 Å². The highest BCUT2D eigenvalue weighted by atomic mass is 19.1. The third-order valence-corrected chi connectivity index (χ3v) is 4.64. The van der Waals surface area contributed by atoms with Crippen LogP contribution in [0.15, 0.2) is 61.1 Å². The Kier molecular flexibility index (Phi) is 5.08. The molecule has 3 aromatic heterocycles. The largest absolute Gasteiger partial charge is 0.366 e. The van der Waals surface area contributed by atoms with Gasteiger partial charge in [0.25, 0.3) is 0 Å². The molecule has 0 saturated heterocycles. The number of ketones is 1. The number of benzene rings is 1. The van der Waals surface area contributed by atoms with Crippen LogP contribution in [0, 0.1) is 12.4 Å². The maximum Gasteiger partial charge on any atom is 0.241 e. The van der Waals surface area contributed by atoms with Crippen molar-refractivity contribution in [2.45, 2.75) is 0 Å². The SMILES string of the molecule is [C-]#[N+]c1ccc(C(=O)c2ncc(-c3cnc4[nH]cc(/C=C/C(N)=O)c4c3)cc2F)cc1. The summed E-state index contributed by atoms with van der Waals surface area (Å²) < 4.78 is 14.7. The Labute approximate surface area is 175 Å². The average Bonchev–Trinajstić information content (AvgIpc) is 3.19. The van der Waals surface area contributed by atoms with Crippen molar-refractivity contribution in [1.82, 2.24) is 15.0 Å². The topological polar surface area (TPSA) is 106 Å². The van der Waals surface area contributed by atoms with E-state index in [1.54, 1.807) is 24.5 Å². The molecule has 31 heavy (non-hydrogen) atoms. The number of carbonyl (C=O) groups excluding carboxylic acids is 2. The monoisotopic (exact) mass is 411 g/mol. The number of amides is 1. The number of hydrogen-bond donors (Lipinski definition) is 2. The molecule has 1 aromatic carbocycles. The predicted molar refractivity (Wildman–Crippen MR) is 114 cm³/mol. The minimum Gasteiger partial charge on any atom is -0.366 e. The van der Waals surface area contributed by atoms with Crippen LogP contribution >= 0.6 is 0 Å². The molecule has 0 atom stereocenters. The van der Waals surface area contributed by atoms with Crippen molar-refractivity contribution in [2.75, 3.05) is 0 Å². The molecule has 0 aliphatic carbocycles. The number of pyridine rings is 2. The molecule has 0 fully saturated rings. The number of rotatable bonds is 5. The van der Waals surface area contributed by atoms with E-state index in [1.807, 2.05) is 0 Å². The van der Waals surface area contributed by atoms with Gasteiger partial charge in [-0.25, -0.2) is 19.2 Å². The zero-order chi connectivity index (χ0) is 22.0. The lowest BCUT2D eigenvalue weighted by atomic mass is 10.0. The Morgan fingerprint density at radius 1 is 1.10 bits per heavy atom. The van der Waals surface area contributed by atoms with Crippen LogP contribution in [0.3, 0.4) is 0 Å². The van der Waals surface area contributed by atoms with Gasteiger partial charge in [0.2, 0.25) is 11.7 Å². The van der Waals surface area contributed by atoms with E-state index >= 15 is 0 Å². The molecule has 8 heteroatoms. The van der Waals surface area contributed by atoms with Gasteiger partial charge in [0.15, 0.2) is 11.5 Å². The molecule has 4 aromatic rings. The summed E-state index contributed by atoms with van der Waals surface area (Å²) in [5.41, 5.74) is 7.80. The van der Waals surface area contributed by atoms with Gasteiger partial charge in [-0.15, -0.1) is 0 Å². The van der Waals surface area contributed by atoms with E-state index in [0.717, 1.165) is 5.39 Å².